The number of hydrogen-bond acceptors (Lipinski definition) is 1. The zero-order valence-corrected chi connectivity index (χ0v) is 12.8. The molecular weight excluding hydrogens is 275 g/mol. The van der Waals surface area contributed by atoms with Crippen LogP contribution in [0.3, 0.4) is 0 Å². The van der Waals surface area contributed by atoms with Crippen LogP contribution in [0.1, 0.15) is 51.0 Å². The van der Waals surface area contributed by atoms with Crippen LogP contribution < -0.4 is 0 Å². The summed E-state index contributed by atoms with van der Waals surface area (Å²) < 4.78 is 13.4. The molecule has 1 nitrogen and oxygen atoms in total. The minimum absolute atomic E-state index is 0.112. The highest BCUT2D eigenvalue weighted by Gasteiger charge is 2.25. The Bertz CT molecular complexity index is 464. The Morgan fingerprint density at radius 3 is 2.60 bits per heavy atom. The van der Waals surface area contributed by atoms with Gasteiger partial charge in [0.2, 0.25) is 0 Å². The van der Waals surface area contributed by atoms with Crippen LogP contribution in [0.15, 0.2) is 18.2 Å². The van der Waals surface area contributed by atoms with E-state index in [9.17, 15) is 9.18 Å². The molecule has 1 aliphatic rings. The van der Waals surface area contributed by atoms with E-state index in [2.05, 4.69) is 6.92 Å². The monoisotopic (exact) mass is 296 g/mol. The number of rotatable bonds is 5. The maximum absolute atomic E-state index is 13.4. The number of Topliss-reactive ketones (excluding diaryl/α,β-unsaturated/α-hetero) is 1. The van der Waals surface area contributed by atoms with Crippen molar-refractivity contribution in [3.63, 3.8) is 0 Å². The van der Waals surface area contributed by atoms with Gasteiger partial charge in [-0.05, 0) is 49.3 Å². The molecule has 0 atom stereocenters. The zero-order valence-electron chi connectivity index (χ0n) is 12.0. The third-order valence-corrected chi connectivity index (χ3v) is 4.67. The van der Waals surface area contributed by atoms with Crippen LogP contribution in [0, 0.1) is 17.7 Å². The average Bonchev–Trinajstić information content (AvgIpc) is 2.44. The Balaban J connectivity index is 1.88. The van der Waals surface area contributed by atoms with E-state index in [1.54, 1.807) is 6.07 Å². The molecule has 0 amide bonds. The van der Waals surface area contributed by atoms with E-state index in [4.69, 9.17) is 11.6 Å². The van der Waals surface area contributed by atoms with Crippen LogP contribution >= 0.6 is 11.6 Å². The SMILES string of the molecule is CCCC1CCC(C(=O)Cc2ccc(Cl)c(F)c2)CC1. The quantitative estimate of drug-likeness (QED) is 0.730. The normalized spacial score (nSPS) is 22.8. The van der Waals surface area contributed by atoms with Crippen molar-refractivity contribution in [2.45, 2.75) is 51.9 Å². The van der Waals surface area contributed by atoms with Crippen LogP contribution in [0.5, 0.6) is 0 Å². The smallest absolute Gasteiger partial charge is 0.142 e. The van der Waals surface area contributed by atoms with Gasteiger partial charge in [0.05, 0.1) is 5.02 Å². The predicted molar refractivity (Wildman–Crippen MR) is 80.5 cm³/mol. The zero-order chi connectivity index (χ0) is 14.5. The Hall–Kier alpha value is -0.890. The Labute approximate surface area is 125 Å². The predicted octanol–water partition coefficient (Wildman–Crippen LogP) is 5.20. The summed E-state index contributed by atoms with van der Waals surface area (Å²) in [5.41, 5.74) is 0.729. The first kappa shape index (κ1) is 15.5. The van der Waals surface area contributed by atoms with Gasteiger partial charge in [-0.3, -0.25) is 4.79 Å². The Morgan fingerprint density at radius 1 is 1.30 bits per heavy atom. The van der Waals surface area contributed by atoms with Gasteiger partial charge in [-0.2, -0.15) is 0 Å². The van der Waals surface area contributed by atoms with Gasteiger partial charge in [0, 0.05) is 12.3 Å². The number of carbonyl (C=O) groups excluding carboxylic acids is 1. The molecule has 1 aliphatic carbocycles. The summed E-state index contributed by atoms with van der Waals surface area (Å²) in [4.78, 5) is 12.3. The molecule has 2 rings (SSSR count). The lowest BCUT2D eigenvalue weighted by Gasteiger charge is -2.27. The van der Waals surface area contributed by atoms with Crippen LogP contribution in [0.25, 0.3) is 0 Å². The summed E-state index contributed by atoms with van der Waals surface area (Å²) in [6, 6.07) is 4.65. The minimum atomic E-state index is -0.441. The maximum Gasteiger partial charge on any atom is 0.142 e. The lowest BCUT2D eigenvalue weighted by Crippen LogP contribution is -2.23. The molecule has 0 bridgehead atoms. The first-order valence-electron chi connectivity index (χ1n) is 7.56. The molecular formula is C17H22ClFO. The van der Waals surface area contributed by atoms with Crippen molar-refractivity contribution in [3.05, 3.63) is 34.6 Å². The molecule has 1 saturated carbocycles. The van der Waals surface area contributed by atoms with Gasteiger partial charge in [0.25, 0.3) is 0 Å². The van der Waals surface area contributed by atoms with Gasteiger partial charge in [-0.15, -0.1) is 0 Å². The molecule has 0 saturated heterocycles. The summed E-state index contributed by atoms with van der Waals surface area (Å²) in [6.45, 7) is 2.21. The highest BCUT2D eigenvalue weighted by Crippen LogP contribution is 2.32. The topological polar surface area (TPSA) is 17.1 Å². The van der Waals surface area contributed by atoms with E-state index >= 15 is 0 Å². The van der Waals surface area contributed by atoms with Crippen molar-refractivity contribution in [3.8, 4) is 0 Å². The van der Waals surface area contributed by atoms with Gasteiger partial charge < -0.3 is 0 Å². The fourth-order valence-electron chi connectivity index (χ4n) is 3.18. The van der Waals surface area contributed by atoms with Crippen molar-refractivity contribution in [2.75, 3.05) is 0 Å². The summed E-state index contributed by atoms with van der Waals surface area (Å²) in [5.74, 6) is 0.782. The molecule has 0 radical (unpaired) electrons. The molecule has 1 aromatic carbocycles. The van der Waals surface area contributed by atoms with E-state index in [0.29, 0.717) is 6.42 Å². The third-order valence-electron chi connectivity index (χ3n) is 4.36. The molecule has 3 heteroatoms. The molecule has 0 N–H and O–H groups in total. The second kappa shape index (κ2) is 7.21. The fourth-order valence-corrected chi connectivity index (χ4v) is 3.29. The molecule has 110 valence electrons. The molecule has 1 fully saturated rings. The molecule has 1 aromatic rings. The van der Waals surface area contributed by atoms with Crippen molar-refractivity contribution < 1.29 is 9.18 Å². The summed E-state index contributed by atoms with van der Waals surface area (Å²) in [5, 5.41) is 0.112. The van der Waals surface area contributed by atoms with Crippen molar-refractivity contribution in [1.82, 2.24) is 0 Å². The lowest BCUT2D eigenvalue weighted by atomic mass is 9.77. The largest absolute Gasteiger partial charge is 0.299 e. The highest BCUT2D eigenvalue weighted by atomic mass is 35.5. The van der Waals surface area contributed by atoms with E-state index in [-0.39, 0.29) is 16.7 Å². The number of benzene rings is 1. The van der Waals surface area contributed by atoms with E-state index in [0.717, 1.165) is 24.3 Å². The van der Waals surface area contributed by atoms with Gasteiger partial charge in [-0.25, -0.2) is 4.39 Å². The van der Waals surface area contributed by atoms with Crippen LogP contribution in [-0.4, -0.2) is 5.78 Å². The first-order chi connectivity index (χ1) is 9.60. The summed E-state index contributed by atoms with van der Waals surface area (Å²) in [7, 11) is 0. The fraction of sp³-hybridized carbons (Fsp3) is 0.588. The van der Waals surface area contributed by atoms with Crippen LogP contribution in [0.4, 0.5) is 4.39 Å². The minimum Gasteiger partial charge on any atom is -0.299 e. The van der Waals surface area contributed by atoms with E-state index in [1.807, 2.05) is 0 Å². The standard InChI is InChI=1S/C17H22ClFO/c1-2-3-12-4-7-14(8-5-12)17(20)11-13-6-9-15(18)16(19)10-13/h6,9-10,12,14H,2-5,7-8,11H2,1H3. The van der Waals surface area contributed by atoms with Crippen molar-refractivity contribution in [2.24, 2.45) is 11.8 Å². The lowest BCUT2D eigenvalue weighted by molar-refractivity contribution is -0.123. The first-order valence-corrected chi connectivity index (χ1v) is 7.94. The van der Waals surface area contributed by atoms with Gasteiger partial charge in [0.1, 0.15) is 11.6 Å². The number of halogens is 2. The molecule has 0 unspecified atom stereocenters. The van der Waals surface area contributed by atoms with Crippen molar-refractivity contribution in [1.29, 1.82) is 0 Å². The van der Waals surface area contributed by atoms with Gasteiger partial charge in [-0.1, -0.05) is 37.4 Å². The second-order valence-corrected chi connectivity index (χ2v) is 6.31. The Kier molecular flexibility index (Phi) is 5.59. The van der Waals surface area contributed by atoms with Crippen molar-refractivity contribution >= 4 is 17.4 Å². The molecule has 0 aliphatic heterocycles. The number of ketones is 1. The van der Waals surface area contributed by atoms with E-state index in [1.165, 1.54) is 37.8 Å². The summed E-state index contributed by atoms with van der Waals surface area (Å²) >= 11 is 5.65. The molecule has 0 heterocycles. The Morgan fingerprint density at radius 2 is 2.00 bits per heavy atom. The van der Waals surface area contributed by atoms with Crippen LogP contribution in [0.2, 0.25) is 5.02 Å². The average molecular weight is 297 g/mol. The second-order valence-electron chi connectivity index (χ2n) is 5.90. The van der Waals surface area contributed by atoms with Gasteiger partial charge >= 0.3 is 0 Å². The highest BCUT2D eigenvalue weighted by molar-refractivity contribution is 6.30. The maximum atomic E-state index is 13.4. The summed E-state index contributed by atoms with van der Waals surface area (Å²) in [6.07, 6.45) is 7.17. The molecule has 0 spiro atoms. The van der Waals surface area contributed by atoms with Gasteiger partial charge in [0.15, 0.2) is 0 Å². The molecule has 0 aromatic heterocycles. The van der Waals surface area contributed by atoms with Crippen LogP contribution in [-0.2, 0) is 11.2 Å². The van der Waals surface area contributed by atoms with E-state index < -0.39 is 5.82 Å². The number of carbonyl (C=O) groups is 1. The molecule has 20 heavy (non-hydrogen) atoms. The third kappa shape index (κ3) is 4.05. The number of hydrogen-bond donors (Lipinski definition) is 0.